The van der Waals surface area contributed by atoms with Gasteiger partial charge < -0.3 is 14.8 Å². The van der Waals surface area contributed by atoms with E-state index in [1.165, 1.54) is 11.3 Å². The van der Waals surface area contributed by atoms with Gasteiger partial charge in [-0.2, -0.15) is 0 Å². The third-order valence-corrected chi connectivity index (χ3v) is 6.62. The quantitative estimate of drug-likeness (QED) is 0.620. The second-order valence-corrected chi connectivity index (χ2v) is 9.19. The van der Waals surface area contributed by atoms with Gasteiger partial charge in [-0.15, -0.1) is 11.3 Å². The number of ether oxygens (including phenoxy) is 2. The number of rotatable bonds is 6. The summed E-state index contributed by atoms with van der Waals surface area (Å²) in [5.74, 6) is 0.877. The monoisotopic (exact) mass is 439 g/mol. The van der Waals surface area contributed by atoms with Crippen molar-refractivity contribution in [2.24, 2.45) is 0 Å². The summed E-state index contributed by atoms with van der Waals surface area (Å²) < 4.78 is 11.8. The molecule has 0 saturated carbocycles. The van der Waals surface area contributed by atoms with E-state index in [1.807, 2.05) is 26.0 Å². The number of morpholine rings is 1. The van der Waals surface area contributed by atoms with Crippen molar-refractivity contribution in [3.63, 3.8) is 0 Å². The fourth-order valence-electron chi connectivity index (χ4n) is 4.16. The number of thiophene rings is 1. The first-order valence-corrected chi connectivity index (χ1v) is 11.4. The Labute approximate surface area is 187 Å². The van der Waals surface area contributed by atoms with E-state index in [9.17, 15) is 4.79 Å². The number of carbonyl (C=O) groups excluding carboxylic acids is 1. The minimum Gasteiger partial charge on any atom is -0.496 e. The molecule has 0 bridgehead atoms. The lowest BCUT2D eigenvalue weighted by Gasteiger charge is -2.33. The molecule has 31 heavy (non-hydrogen) atoms. The topological polar surface area (TPSA) is 63.7 Å². The van der Waals surface area contributed by atoms with Gasteiger partial charge in [-0.3, -0.25) is 9.69 Å². The maximum Gasteiger partial charge on any atom is 0.262 e. The van der Waals surface area contributed by atoms with Crippen LogP contribution in [0, 0.1) is 6.92 Å². The van der Waals surface area contributed by atoms with Crippen LogP contribution < -0.4 is 10.1 Å². The summed E-state index contributed by atoms with van der Waals surface area (Å²) in [5.41, 5.74) is 3.25. The molecular formula is C24H29N3O3S. The Morgan fingerprint density at radius 2 is 2.19 bits per heavy atom. The highest BCUT2D eigenvalue weighted by Gasteiger charge is 2.30. The Balaban J connectivity index is 1.64. The summed E-state index contributed by atoms with van der Waals surface area (Å²) in [4.78, 5) is 21.4. The van der Waals surface area contributed by atoms with Gasteiger partial charge in [-0.05, 0) is 32.4 Å². The third-order valence-electron chi connectivity index (χ3n) is 5.49. The van der Waals surface area contributed by atoms with Crippen LogP contribution in [-0.2, 0) is 11.3 Å². The highest BCUT2D eigenvalue weighted by molar-refractivity contribution is 7.20. The average molecular weight is 440 g/mol. The van der Waals surface area contributed by atoms with E-state index in [0.29, 0.717) is 18.0 Å². The van der Waals surface area contributed by atoms with Gasteiger partial charge in [-0.1, -0.05) is 24.3 Å². The molecule has 1 aromatic carbocycles. The van der Waals surface area contributed by atoms with E-state index < -0.39 is 0 Å². The normalized spacial score (nSPS) is 17.3. The number of carbonyl (C=O) groups is 1. The lowest BCUT2D eigenvalue weighted by Crippen LogP contribution is -2.38. The Hall–Kier alpha value is -2.48. The number of benzene rings is 1. The van der Waals surface area contributed by atoms with E-state index in [4.69, 9.17) is 9.47 Å². The fraction of sp³-hybridized carbons (Fsp3) is 0.417. The Bertz CT molecular complexity index is 1080. The number of fused-ring (bicyclic) bond motifs is 1. The highest BCUT2D eigenvalue weighted by Crippen LogP contribution is 2.38. The Kier molecular flexibility index (Phi) is 6.55. The Morgan fingerprint density at radius 3 is 2.97 bits per heavy atom. The van der Waals surface area contributed by atoms with Crippen molar-refractivity contribution in [2.45, 2.75) is 39.5 Å². The smallest absolute Gasteiger partial charge is 0.262 e. The summed E-state index contributed by atoms with van der Waals surface area (Å²) in [6.45, 7) is 8.93. The molecule has 1 N–H and O–H groups in total. The van der Waals surface area contributed by atoms with Crippen molar-refractivity contribution < 1.29 is 14.3 Å². The summed E-state index contributed by atoms with van der Waals surface area (Å²) >= 11 is 1.44. The zero-order chi connectivity index (χ0) is 22.0. The number of hydrogen-bond acceptors (Lipinski definition) is 6. The van der Waals surface area contributed by atoms with Gasteiger partial charge in [-0.25, -0.2) is 4.98 Å². The lowest BCUT2D eigenvalue weighted by molar-refractivity contribution is -0.0325. The molecule has 3 aromatic rings. The van der Waals surface area contributed by atoms with Gasteiger partial charge >= 0.3 is 0 Å². The van der Waals surface area contributed by atoms with E-state index in [-0.39, 0.29) is 18.1 Å². The molecule has 164 valence electrons. The highest BCUT2D eigenvalue weighted by atomic mass is 32.1. The molecule has 0 spiro atoms. The van der Waals surface area contributed by atoms with Crippen molar-refractivity contribution in [1.29, 1.82) is 0 Å². The zero-order valence-electron chi connectivity index (χ0n) is 18.5. The van der Waals surface area contributed by atoms with E-state index in [1.54, 1.807) is 13.3 Å². The molecule has 6 nitrogen and oxygen atoms in total. The maximum atomic E-state index is 13.0. The number of amides is 1. The molecule has 4 rings (SSSR count). The number of para-hydroxylation sites is 1. The van der Waals surface area contributed by atoms with E-state index in [2.05, 4.69) is 40.3 Å². The Morgan fingerprint density at radius 1 is 1.35 bits per heavy atom. The first-order valence-electron chi connectivity index (χ1n) is 10.6. The van der Waals surface area contributed by atoms with Crippen LogP contribution in [0.3, 0.4) is 0 Å². The first kappa shape index (κ1) is 21.7. The number of aryl methyl sites for hydroxylation is 1. The number of aromatic nitrogens is 1. The van der Waals surface area contributed by atoms with Crippen molar-refractivity contribution in [3.8, 4) is 5.75 Å². The van der Waals surface area contributed by atoms with Crippen molar-refractivity contribution in [3.05, 3.63) is 58.1 Å². The van der Waals surface area contributed by atoms with Crippen LogP contribution in [0.15, 0.2) is 36.5 Å². The number of nitrogens with one attached hydrogen (secondary N) is 1. The SMILES string of the molecule is COc1c(C)cccc1CN1CCOC(c2c(C(=O)NC(C)C)sc3ncccc23)C1. The molecule has 1 aliphatic heterocycles. The summed E-state index contributed by atoms with van der Waals surface area (Å²) in [6, 6.07) is 10.3. The second-order valence-electron chi connectivity index (χ2n) is 8.19. The van der Waals surface area contributed by atoms with Crippen molar-refractivity contribution in [2.75, 3.05) is 26.8 Å². The number of methoxy groups -OCH3 is 1. The zero-order valence-corrected chi connectivity index (χ0v) is 19.3. The molecule has 0 radical (unpaired) electrons. The van der Waals surface area contributed by atoms with E-state index >= 15 is 0 Å². The predicted molar refractivity (Wildman–Crippen MR) is 124 cm³/mol. The van der Waals surface area contributed by atoms with Crippen LogP contribution in [0.5, 0.6) is 5.75 Å². The second kappa shape index (κ2) is 9.34. The van der Waals surface area contributed by atoms with Gasteiger partial charge in [0.2, 0.25) is 0 Å². The van der Waals surface area contributed by atoms with Gasteiger partial charge in [0.15, 0.2) is 0 Å². The molecule has 7 heteroatoms. The molecule has 2 aromatic heterocycles. The molecule has 1 unspecified atom stereocenters. The van der Waals surface area contributed by atoms with Crippen LogP contribution in [0.1, 0.15) is 46.3 Å². The summed E-state index contributed by atoms with van der Waals surface area (Å²) in [7, 11) is 1.72. The molecule has 1 saturated heterocycles. The van der Waals surface area contributed by atoms with Crippen LogP contribution in [-0.4, -0.2) is 48.6 Å². The van der Waals surface area contributed by atoms with Crippen molar-refractivity contribution in [1.82, 2.24) is 15.2 Å². The van der Waals surface area contributed by atoms with Crippen LogP contribution >= 0.6 is 11.3 Å². The number of hydrogen-bond donors (Lipinski definition) is 1. The molecule has 1 amide bonds. The summed E-state index contributed by atoms with van der Waals surface area (Å²) in [6.07, 6.45) is 1.58. The van der Waals surface area contributed by atoms with Gasteiger partial charge in [0, 0.05) is 48.4 Å². The standard InChI is InChI=1S/C24H29N3O3S/c1-15(2)26-23(28)22-20(18-9-6-10-25-24(18)31-22)19-14-27(11-12-30-19)13-17-8-5-7-16(3)21(17)29-4/h5-10,15,19H,11-14H2,1-4H3,(H,26,28). The first-order chi connectivity index (χ1) is 15.0. The largest absolute Gasteiger partial charge is 0.496 e. The number of pyridine rings is 1. The minimum absolute atomic E-state index is 0.0610. The molecule has 0 aliphatic carbocycles. The molecular weight excluding hydrogens is 410 g/mol. The molecule has 1 aliphatic rings. The van der Waals surface area contributed by atoms with Gasteiger partial charge in [0.25, 0.3) is 5.91 Å². The maximum absolute atomic E-state index is 13.0. The van der Waals surface area contributed by atoms with Crippen LogP contribution in [0.4, 0.5) is 0 Å². The summed E-state index contributed by atoms with van der Waals surface area (Å²) in [5, 5.41) is 4.03. The van der Waals surface area contributed by atoms with Crippen molar-refractivity contribution >= 4 is 27.5 Å². The van der Waals surface area contributed by atoms with Crippen LogP contribution in [0.25, 0.3) is 10.2 Å². The van der Waals surface area contributed by atoms with Gasteiger partial charge in [0.05, 0.1) is 19.8 Å². The molecule has 1 fully saturated rings. The average Bonchev–Trinajstić information content (AvgIpc) is 3.13. The van der Waals surface area contributed by atoms with E-state index in [0.717, 1.165) is 45.7 Å². The minimum atomic E-state index is -0.185. The lowest BCUT2D eigenvalue weighted by atomic mass is 10.0. The molecule has 1 atom stereocenters. The van der Waals surface area contributed by atoms with Gasteiger partial charge in [0.1, 0.15) is 15.5 Å². The molecule has 3 heterocycles. The predicted octanol–water partition coefficient (Wildman–Crippen LogP) is 4.33. The van der Waals surface area contributed by atoms with Crippen LogP contribution in [0.2, 0.25) is 0 Å². The number of nitrogens with zero attached hydrogens (tertiary/aromatic N) is 2. The third kappa shape index (κ3) is 4.59. The fourth-order valence-corrected chi connectivity index (χ4v) is 5.26.